The highest BCUT2D eigenvalue weighted by Crippen LogP contribution is 2.10. The number of rotatable bonds is 3. The van der Waals surface area contributed by atoms with Crippen LogP contribution in [0.3, 0.4) is 0 Å². The Morgan fingerprint density at radius 1 is 1.62 bits per heavy atom. The summed E-state index contributed by atoms with van der Waals surface area (Å²) in [5.74, 6) is 0. The van der Waals surface area contributed by atoms with Gasteiger partial charge in [0, 0.05) is 5.69 Å². The molecule has 1 N–H and O–H groups in total. The summed E-state index contributed by atoms with van der Waals surface area (Å²) in [4.78, 5) is 11.3. The monoisotopic (exact) mass is 216 g/mol. The number of carbonyl (C=O) groups excluding carboxylic acids is 1. The lowest BCUT2D eigenvalue weighted by atomic mass is 10.2. The van der Waals surface area contributed by atoms with E-state index in [4.69, 9.17) is 10.00 Å². The fraction of sp³-hybridized carbons (Fsp3) is 0.167. The number of anilines is 1. The van der Waals surface area contributed by atoms with E-state index in [1.807, 2.05) is 6.07 Å². The summed E-state index contributed by atoms with van der Waals surface area (Å²) >= 11 is 0. The Labute approximate surface area is 94.1 Å². The minimum atomic E-state index is -0.557. The summed E-state index contributed by atoms with van der Waals surface area (Å²) in [6.07, 6.45) is -0.557. The van der Waals surface area contributed by atoms with Crippen molar-refractivity contribution >= 4 is 11.8 Å². The van der Waals surface area contributed by atoms with Gasteiger partial charge in [-0.3, -0.25) is 5.32 Å². The predicted octanol–water partition coefficient (Wildman–Crippen LogP) is 2.68. The van der Waals surface area contributed by atoms with E-state index in [2.05, 4.69) is 11.9 Å². The van der Waals surface area contributed by atoms with Crippen molar-refractivity contribution in [2.45, 2.75) is 6.92 Å². The van der Waals surface area contributed by atoms with Gasteiger partial charge in [-0.2, -0.15) is 5.26 Å². The van der Waals surface area contributed by atoms with E-state index in [0.717, 1.165) is 5.57 Å². The molecule has 0 aliphatic carbocycles. The van der Waals surface area contributed by atoms with Crippen molar-refractivity contribution in [3.8, 4) is 6.07 Å². The van der Waals surface area contributed by atoms with Crippen molar-refractivity contribution in [1.82, 2.24) is 0 Å². The average Bonchev–Trinajstić information content (AvgIpc) is 2.26. The van der Waals surface area contributed by atoms with Crippen LogP contribution in [0.5, 0.6) is 0 Å². The second-order valence-electron chi connectivity index (χ2n) is 3.35. The number of ether oxygens (including phenoxy) is 1. The summed E-state index contributed by atoms with van der Waals surface area (Å²) in [7, 11) is 0. The highest BCUT2D eigenvalue weighted by molar-refractivity contribution is 5.84. The van der Waals surface area contributed by atoms with Crippen molar-refractivity contribution in [3.63, 3.8) is 0 Å². The normalized spacial score (nSPS) is 9.00. The summed E-state index contributed by atoms with van der Waals surface area (Å²) in [6, 6.07) is 8.58. The maximum atomic E-state index is 11.3. The third-order valence-corrected chi connectivity index (χ3v) is 1.69. The molecule has 1 aromatic rings. The molecule has 0 aliphatic heterocycles. The number of hydrogen-bond donors (Lipinski definition) is 1. The van der Waals surface area contributed by atoms with Crippen molar-refractivity contribution in [2.24, 2.45) is 0 Å². The van der Waals surface area contributed by atoms with Gasteiger partial charge in [-0.15, -0.1) is 0 Å². The van der Waals surface area contributed by atoms with Gasteiger partial charge in [-0.25, -0.2) is 4.79 Å². The van der Waals surface area contributed by atoms with E-state index in [9.17, 15) is 4.79 Å². The molecule has 4 nitrogen and oxygen atoms in total. The molecular weight excluding hydrogens is 204 g/mol. The molecule has 4 heteroatoms. The van der Waals surface area contributed by atoms with Gasteiger partial charge in [0.2, 0.25) is 0 Å². The first-order valence-corrected chi connectivity index (χ1v) is 4.70. The Morgan fingerprint density at radius 2 is 2.38 bits per heavy atom. The molecule has 0 aliphatic rings. The van der Waals surface area contributed by atoms with Crippen LogP contribution in [0, 0.1) is 11.3 Å². The SMILES string of the molecule is C=C(C)COC(=O)Nc1cccc(C#N)c1. The summed E-state index contributed by atoms with van der Waals surface area (Å²) in [6.45, 7) is 5.57. The molecule has 0 fully saturated rings. The minimum absolute atomic E-state index is 0.184. The van der Waals surface area contributed by atoms with Crippen molar-refractivity contribution in [1.29, 1.82) is 5.26 Å². The molecule has 1 amide bonds. The molecule has 0 atom stereocenters. The Hall–Kier alpha value is -2.28. The van der Waals surface area contributed by atoms with E-state index in [1.165, 1.54) is 0 Å². The molecule has 16 heavy (non-hydrogen) atoms. The topological polar surface area (TPSA) is 62.1 Å². The van der Waals surface area contributed by atoms with E-state index in [0.29, 0.717) is 11.3 Å². The van der Waals surface area contributed by atoms with Gasteiger partial charge in [0.15, 0.2) is 0 Å². The van der Waals surface area contributed by atoms with E-state index in [1.54, 1.807) is 31.2 Å². The van der Waals surface area contributed by atoms with Gasteiger partial charge in [0.25, 0.3) is 0 Å². The Kier molecular flexibility index (Phi) is 4.10. The van der Waals surface area contributed by atoms with Gasteiger partial charge in [0.05, 0.1) is 11.6 Å². The maximum absolute atomic E-state index is 11.3. The summed E-state index contributed by atoms with van der Waals surface area (Å²) in [5, 5.41) is 11.2. The van der Waals surface area contributed by atoms with Crippen molar-refractivity contribution in [2.75, 3.05) is 11.9 Å². The molecular formula is C12H12N2O2. The number of amides is 1. The lowest BCUT2D eigenvalue weighted by Crippen LogP contribution is -2.14. The number of carbonyl (C=O) groups is 1. The minimum Gasteiger partial charge on any atom is -0.445 e. The zero-order valence-electron chi connectivity index (χ0n) is 8.99. The fourth-order valence-electron chi connectivity index (χ4n) is 1.01. The molecule has 0 heterocycles. The zero-order chi connectivity index (χ0) is 12.0. The molecule has 0 radical (unpaired) electrons. The lowest BCUT2D eigenvalue weighted by Gasteiger charge is -2.06. The zero-order valence-corrected chi connectivity index (χ0v) is 8.99. The van der Waals surface area contributed by atoms with Crippen LogP contribution in [0.1, 0.15) is 12.5 Å². The van der Waals surface area contributed by atoms with Crippen molar-refractivity contribution < 1.29 is 9.53 Å². The molecule has 82 valence electrons. The van der Waals surface area contributed by atoms with Gasteiger partial charge in [-0.05, 0) is 30.7 Å². The van der Waals surface area contributed by atoms with Crippen LogP contribution < -0.4 is 5.32 Å². The quantitative estimate of drug-likeness (QED) is 0.790. The second kappa shape index (κ2) is 5.56. The first-order chi connectivity index (χ1) is 7.61. The van der Waals surface area contributed by atoms with E-state index in [-0.39, 0.29) is 6.61 Å². The van der Waals surface area contributed by atoms with E-state index >= 15 is 0 Å². The van der Waals surface area contributed by atoms with Gasteiger partial charge >= 0.3 is 6.09 Å². The molecule has 0 saturated carbocycles. The van der Waals surface area contributed by atoms with Crippen LogP contribution in [-0.4, -0.2) is 12.7 Å². The Morgan fingerprint density at radius 3 is 3.00 bits per heavy atom. The highest BCUT2D eigenvalue weighted by atomic mass is 16.5. The summed E-state index contributed by atoms with van der Waals surface area (Å²) < 4.78 is 4.85. The van der Waals surface area contributed by atoms with Crippen LogP contribution in [0.2, 0.25) is 0 Å². The van der Waals surface area contributed by atoms with Crippen molar-refractivity contribution in [3.05, 3.63) is 42.0 Å². The molecule has 0 bridgehead atoms. The number of nitrogens with zero attached hydrogens (tertiary/aromatic N) is 1. The molecule has 0 saturated heterocycles. The third-order valence-electron chi connectivity index (χ3n) is 1.69. The molecule has 1 rings (SSSR count). The van der Waals surface area contributed by atoms with Crippen LogP contribution >= 0.6 is 0 Å². The second-order valence-corrected chi connectivity index (χ2v) is 3.35. The number of nitrogens with one attached hydrogen (secondary N) is 1. The Bertz CT molecular complexity index is 447. The highest BCUT2D eigenvalue weighted by Gasteiger charge is 2.03. The van der Waals surface area contributed by atoms with E-state index < -0.39 is 6.09 Å². The van der Waals surface area contributed by atoms with Crippen LogP contribution in [-0.2, 0) is 4.74 Å². The average molecular weight is 216 g/mol. The van der Waals surface area contributed by atoms with Gasteiger partial charge in [-0.1, -0.05) is 12.6 Å². The maximum Gasteiger partial charge on any atom is 0.411 e. The predicted molar refractivity (Wildman–Crippen MR) is 60.9 cm³/mol. The Balaban J connectivity index is 2.56. The number of hydrogen-bond acceptors (Lipinski definition) is 3. The first-order valence-electron chi connectivity index (χ1n) is 4.70. The fourth-order valence-corrected chi connectivity index (χ4v) is 1.01. The molecule has 0 aromatic heterocycles. The van der Waals surface area contributed by atoms with Crippen LogP contribution in [0.15, 0.2) is 36.4 Å². The standard InChI is InChI=1S/C12H12N2O2/c1-9(2)8-16-12(15)14-11-5-3-4-10(6-11)7-13/h3-6H,1,8H2,2H3,(H,14,15). The van der Waals surface area contributed by atoms with Gasteiger partial charge in [0.1, 0.15) is 6.61 Å². The van der Waals surface area contributed by atoms with Gasteiger partial charge < -0.3 is 4.74 Å². The summed E-state index contributed by atoms with van der Waals surface area (Å²) in [5.41, 5.74) is 1.78. The van der Waals surface area contributed by atoms with Crippen LogP contribution in [0.25, 0.3) is 0 Å². The molecule has 0 unspecified atom stereocenters. The number of benzene rings is 1. The smallest absolute Gasteiger partial charge is 0.411 e. The van der Waals surface area contributed by atoms with Crippen LogP contribution in [0.4, 0.5) is 10.5 Å². The number of nitriles is 1. The lowest BCUT2D eigenvalue weighted by molar-refractivity contribution is 0.171. The first kappa shape index (κ1) is 11.8. The molecule has 1 aromatic carbocycles. The molecule has 0 spiro atoms. The third kappa shape index (κ3) is 3.84. The largest absolute Gasteiger partial charge is 0.445 e.